The molecule has 178 valence electrons. The summed E-state index contributed by atoms with van der Waals surface area (Å²) in [6.45, 7) is 9.42. The molecule has 2 aliphatic heterocycles. The molecule has 0 radical (unpaired) electrons. The summed E-state index contributed by atoms with van der Waals surface area (Å²) in [4.78, 5) is 33.8. The Morgan fingerprint density at radius 2 is 1.85 bits per heavy atom. The van der Waals surface area contributed by atoms with E-state index in [1.54, 1.807) is 4.90 Å². The lowest BCUT2D eigenvalue weighted by Crippen LogP contribution is -2.42. The van der Waals surface area contributed by atoms with Crippen LogP contribution in [0.5, 0.6) is 0 Å². The fourth-order valence-corrected chi connectivity index (χ4v) is 4.52. The van der Waals surface area contributed by atoms with E-state index in [-0.39, 0.29) is 18.0 Å². The van der Waals surface area contributed by atoms with Gasteiger partial charge in [-0.05, 0) is 76.3 Å². The molecular formula is C25H35N5O3. The molecule has 2 saturated heterocycles. The fraction of sp³-hybridized carbons (Fsp3) is 0.560. The summed E-state index contributed by atoms with van der Waals surface area (Å²) >= 11 is 0. The molecule has 0 bridgehead atoms. The summed E-state index contributed by atoms with van der Waals surface area (Å²) in [6, 6.07) is 7.97. The molecule has 2 amide bonds. The van der Waals surface area contributed by atoms with Crippen molar-refractivity contribution in [2.24, 2.45) is 0 Å². The molecule has 0 saturated carbocycles. The van der Waals surface area contributed by atoms with Gasteiger partial charge in [0.1, 0.15) is 17.1 Å². The summed E-state index contributed by atoms with van der Waals surface area (Å²) in [7, 11) is 0. The Bertz CT molecular complexity index is 966. The Kier molecular flexibility index (Phi) is 6.91. The number of amides is 2. The first kappa shape index (κ1) is 23.1. The molecule has 33 heavy (non-hydrogen) atoms. The highest BCUT2D eigenvalue weighted by Crippen LogP contribution is 2.26. The van der Waals surface area contributed by atoms with Gasteiger partial charge in [0.25, 0.3) is 5.91 Å². The molecule has 0 spiro atoms. The normalized spacial score (nSPS) is 17.3. The highest BCUT2D eigenvalue weighted by atomic mass is 16.6. The van der Waals surface area contributed by atoms with E-state index in [4.69, 9.17) is 4.74 Å². The third-order valence-corrected chi connectivity index (χ3v) is 6.21. The van der Waals surface area contributed by atoms with Crippen molar-refractivity contribution in [3.8, 4) is 0 Å². The number of anilines is 1. The number of pyridine rings is 1. The van der Waals surface area contributed by atoms with E-state index >= 15 is 0 Å². The lowest BCUT2D eigenvalue weighted by Gasteiger charge is -2.34. The van der Waals surface area contributed by atoms with Crippen molar-refractivity contribution >= 4 is 17.8 Å². The maximum absolute atomic E-state index is 13.0. The SMILES string of the molecule is CC(C)(C)OC(=O)N1CCC(n2cccc2C(=O)NCc2ccnc(N3CCCC3)c2)CC1. The van der Waals surface area contributed by atoms with Crippen molar-refractivity contribution in [3.05, 3.63) is 47.9 Å². The van der Waals surface area contributed by atoms with E-state index < -0.39 is 5.60 Å². The van der Waals surface area contributed by atoms with Gasteiger partial charge in [0, 0.05) is 51.2 Å². The van der Waals surface area contributed by atoms with E-state index in [0.29, 0.717) is 25.3 Å². The Hall–Kier alpha value is -3.03. The van der Waals surface area contributed by atoms with Gasteiger partial charge >= 0.3 is 6.09 Å². The molecule has 2 aliphatic rings. The maximum Gasteiger partial charge on any atom is 0.410 e. The first-order valence-corrected chi connectivity index (χ1v) is 11.9. The second-order valence-corrected chi connectivity index (χ2v) is 9.90. The highest BCUT2D eigenvalue weighted by molar-refractivity contribution is 5.92. The van der Waals surface area contributed by atoms with Crippen LogP contribution < -0.4 is 10.2 Å². The lowest BCUT2D eigenvalue weighted by atomic mass is 10.0. The minimum atomic E-state index is -0.496. The number of aromatic nitrogens is 2. The number of nitrogens with one attached hydrogen (secondary N) is 1. The maximum atomic E-state index is 13.0. The van der Waals surface area contributed by atoms with Crippen LogP contribution in [-0.2, 0) is 11.3 Å². The van der Waals surface area contributed by atoms with E-state index in [2.05, 4.69) is 21.3 Å². The van der Waals surface area contributed by atoms with Crippen LogP contribution >= 0.6 is 0 Å². The molecule has 4 rings (SSSR count). The van der Waals surface area contributed by atoms with Gasteiger partial charge in [-0.3, -0.25) is 4.79 Å². The summed E-state index contributed by atoms with van der Waals surface area (Å²) in [5.74, 6) is 0.897. The fourth-order valence-electron chi connectivity index (χ4n) is 4.52. The first-order chi connectivity index (χ1) is 15.8. The monoisotopic (exact) mass is 453 g/mol. The number of likely N-dealkylation sites (tertiary alicyclic amines) is 1. The van der Waals surface area contributed by atoms with Gasteiger partial charge in [-0.2, -0.15) is 0 Å². The van der Waals surface area contributed by atoms with Gasteiger partial charge in [0.05, 0.1) is 0 Å². The van der Waals surface area contributed by atoms with Crippen molar-refractivity contribution in [2.45, 2.75) is 64.6 Å². The molecule has 0 aromatic carbocycles. The molecule has 4 heterocycles. The van der Waals surface area contributed by atoms with Crippen LogP contribution in [0.3, 0.4) is 0 Å². The van der Waals surface area contributed by atoms with Crippen molar-refractivity contribution in [1.82, 2.24) is 19.8 Å². The average Bonchev–Trinajstić information content (AvgIpc) is 3.49. The van der Waals surface area contributed by atoms with Crippen molar-refractivity contribution in [1.29, 1.82) is 0 Å². The summed E-state index contributed by atoms with van der Waals surface area (Å²) in [5.41, 5.74) is 1.20. The van der Waals surface area contributed by atoms with Gasteiger partial charge in [-0.25, -0.2) is 9.78 Å². The molecule has 2 aromatic rings. The Labute approximate surface area is 195 Å². The molecule has 0 aliphatic carbocycles. The van der Waals surface area contributed by atoms with Crippen LogP contribution in [0.15, 0.2) is 36.7 Å². The average molecular weight is 454 g/mol. The van der Waals surface area contributed by atoms with Crippen molar-refractivity contribution in [3.63, 3.8) is 0 Å². The van der Waals surface area contributed by atoms with E-state index in [1.807, 2.05) is 55.9 Å². The van der Waals surface area contributed by atoms with Crippen LogP contribution in [0.4, 0.5) is 10.6 Å². The van der Waals surface area contributed by atoms with Crippen LogP contribution in [0, 0.1) is 0 Å². The predicted octanol–water partition coefficient (Wildman–Crippen LogP) is 3.99. The minimum absolute atomic E-state index is 0.0888. The van der Waals surface area contributed by atoms with Gasteiger partial charge in [-0.15, -0.1) is 0 Å². The van der Waals surface area contributed by atoms with E-state index in [9.17, 15) is 9.59 Å². The van der Waals surface area contributed by atoms with E-state index in [0.717, 1.165) is 37.3 Å². The number of hydrogen-bond donors (Lipinski definition) is 1. The number of carbonyl (C=O) groups is 2. The Morgan fingerprint density at radius 3 is 2.55 bits per heavy atom. The standard InChI is InChI=1S/C25H35N5O3/c1-25(2,3)33-24(32)29-15-9-20(10-16-29)30-14-6-7-21(30)23(31)27-18-19-8-11-26-22(17-19)28-12-4-5-13-28/h6-8,11,14,17,20H,4-5,9-10,12-13,15-16,18H2,1-3H3,(H,27,31). The molecule has 2 fully saturated rings. The van der Waals surface area contributed by atoms with Crippen LogP contribution in [0.25, 0.3) is 0 Å². The minimum Gasteiger partial charge on any atom is -0.444 e. The number of carbonyl (C=O) groups excluding carboxylic acids is 2. The summed E-state index contributed by atoms with van der Waals surface area (Å²) in [6.07, 6.45) is 7.50. The number of ether oxygens (including phenoxy) is 1. The number of rotatable bonds is 5. The second-order valence-electron chi connectivity index (χ2n) is 9.90. The molecular weight excluding hydrogens is 418 g/mol. The first-order valence-electron chi connectivity index (χ1n) is 11.9. The zero-order valence-electron chi connectivity index (χ0n) is 19.9. The number of piperidine rings is 1. The smallest absolute Gasteiger partial charge is 0.410 e. The van der Waals surface area contributed by atoms with Crippen LogP contribution in [-0.4, -0.2) is 58.2 Å². The highest BCUT2D eigenvalue weighted by Gasteiger charge is 2.28. The van der Waals surface area contributed by atoms with E-state index in [1.165, 1.54) is 12.8 Å². The number of nitrogens with zero attached hydrogens (tertiary/aromatic N) is 4. The quantitative estimate of drug-likeness (QED) is 0.741. The summed E-state index contributed by atoms with van der Waals surface area (Å²) < 4.78 is 7.53. The molecule has 2 aromatic heterocycles. The van der Waals surface area contributed by atoms with Gasteiger partial charge in [-0.1, -0.05) is 0 Å². The molecule has 0 atom stereocenters. The molecule has 8 nitrogen and oxygen atoms in total. The Morgan fingerprint density at radius 1 is 1.12 bits per heavy atom. The van der Waals surface area contributed by atoms with Crippen molar-refractivity contribution < 1.29 is 14.3 Å². The zero-order chi connectivity index (χ0) is 23.4. The molecule has 0 unspecified atom stereocenters. The van der Waals surface area contributed by atoms with Crippen LogP contribution in [0.1, 0.15) is 68.5 Å². The van der Waals surface area contributed by atoms with Crippen LogP contribution in [0.2, 0.25) is 0 Å². The topological polar surface area (TPSA) is 79.7 Å². The largest absolute Gasteiger partial charge is 0.444 e. The third kappa shape index (κ3) is 5.86. The predicted molar refractivity (Wildman–Crippen MR) is 127 cm³/mol. The zero-order valence-corrected chi connectivity index (χ0v) is 19.9. The number of hydrogen-bond acceptors (Lipinski definition) is 5. The van der Waals surface area contributed by atoms with Gasteiger partial charge < -0.3 is 24.4 Å². The second kappa shape index (κ2) is 9.85. The summed E-state index contributed by atoms with van der Waals surface area (Å²) in [5, 5.41) is 3.06. The molecule has 8 heteroatoms. The van der Waals surface area contributed by atoms with Crippen molar-refractivity contribution in [2.75, 3.05) is 31.1 Å². The van der Waals surface area contributed by atoms with Gasteiger partial charge in [0.2, 0.25) is 0 Å². The third-order valence-electron chi connectivity index (χ3n) is 6.21. The lowest BCUT2D eigenvalue weighted by molar-refractivity contribution is 0.0187. The molecule has 1 N–H and O–H groups in total. The van der Waals surface area contributed by atoms with Gasteiger partial charge in [0.15, 0.2) is 0 Å². The Balaban J connectivity index is 1.33.